The predicted octanol–water partition coefficient (Wildman–Crippen LogP) is 0.923. The van der Waals surface area contributed by atoms with Crippen LogP contribution < -0.4 is 0 Å². The van der Waals surface area contributed by atoms with Crippen LogP contribution in [0.5, 0.6) is 0 Å². The Balaban J connectivity index is 2.99. The molecule has 0 aliphatic carbocycles. The van der Waals surface area contributed by atoms with Gasteiger partial charge >= 0.3 is 0 Å². The van der Waals surface area contributed by atoms with Gasteiger partial charge in [-0.2, -0.15) is 0 Å². The standard InChI is InChI=1S/C6H5N2/c1-2-6-3-7-5-8-4-6/h1-5H. The van der Waals surface area contributed by atoms with Crippen molar-refractivity contribution in [2.75, 3.05) is 0 Å². The Kier molecular flexibility index (Phi) is 1.37. The maximum atomic E-state index is 5.14. The van der Waals surface area contributed by atoms with Crippen molar-refractivity contribution < 1.29 is 0 Å². The minimum atomic E-state index is 0.840. The number of aromatic nitrogens is 2. The molecule has 0 aliphatic rings. The van der Waals surface area contributed by atoms with E-state index in [-0.39, 0.29) is 0 Å². The number of hydrogen-bond acceptors (Lipinski definition) is 2. The normalized spacial score (nSPS) is 8.50. The molecule has 39 valence electrons. The fourth-order valence-corrected chi connectivity index (χ4v) is 0.397. The summed E-state index contributed by atoms with van der Waals surface area (Å²) >= 11 is 0. The van der Waals surface area contributed by atoms with Gasteiger partial charge in [-0.1, -0.05) is 12.7 Å². The zero-order chi connectivity index (χ0) is 5.82. The maximum Gasteiger partial charge on any atom is 0.115 e. The van der Waals surface area contributed by atoms with Crippen LogP contribution in [-0.4, -0.2) is 9.97 Å². The molecule has 2 nitrogen and oxygen atoms in total. The van der Waals surface area contributed by atoms with Gasteiger partial charge in [0.05, 0.1) is 0 Å². The van der Waals surface area contributed by atoms with Gasteiger partial charge in [-0.05, 0) is 0 Å². The molecule has 0 atom stereocenters. The molecule has 1 rings (SSSR count). The minimum Gasteiger partial charge on any atom is -0.244 e. The van der Waals surface area contributed by atoms with Gasteiger partial charge in [0, 0.05) is 18.0 Å². The van der Waals surface area contributed by atoms with E-state index >= 15 is 0 Å². The zero-order valence-electron chi connectivity index (χ0n) is 4.28. The third-order valence-corrected chi connectivity index (χ3v) is 0.773. The van der Waals surface area contributed by atoms with Crippen molar-refractivity contribution in [3.63, 3.8) is 0 Å². The van der Waals surface area contributed by atoms with Gasteiger partial charge in [0.15, 0.2) is 0 Å². The van der Waals surface area contributed by atoms with E-state index in [1.807, 2.05) is 0 Å². The highest BCUT2D eigenvalue weighted by molar-refractivity contribution is 5.41. The molecule has 0 aliphatic heterocycles. The van der Waals surface area contributed by atoms with Crippen molar-refractivity contribution in [3.8, 4) is 0 Å². The molecule has 0 spiro atoms. The lowest BCUT2D eigenvalue weighted by Gasteiger charge is -1.83. The highest BCUT2D eigenvalue weighted by Gasteiger charge is 1.78. The van der Waals surface area contributed by atoms with Crippen LogP contribution in [0.2, 0.25) is 0 Å². The van der Waals surface area contributed by atoms with Crippen LogP contribution in [0.1, 0.15) is 5.56 Å². The third kappa shape index (κ3) is 0.904. The van der Waals surface area contributed by atoms with Crippen LogP contribution in [0, 0.1) is 6.58 Å². The summed E-state index contributed by atoms with van der Waals surface area (Å²) in [7, 11) is 0. The molecule has 2 heteroatoms. The number of rotatable bonds is 1. The Morgan fingerprint density at radius 3 is 2.38 bits per heavy atom. The Morgan fingerprint density at radius 2 is 2.00 bits per heavy atom. The first kappa shape index (κ1) is 4.97. The van der Waals surface area contributed by atoms with Gasteiger partial charge in [-0.3, -0.25) is 0 Å². The second kappa shape index (κ2) is 2.21. The van der Waals surface area contributed by atoms with Crippen LogP contribution in [0.25, 0.3) is 6.08 Å². The van der Waals surface area contributed by atoms with Crippen molar-refractivity contribution in [1.82, 2.24) is 9.97 Å². The summed E-state index contributed by atoms with van der Waals surface area (Å²) in [6.07, 6.45) is 6.22. The lowest BCUT2D eigenvalue weighted by Crippen LogP contribution is -1.76. The summed E-state index contributed by atoms with van der Waals surface area (Å²) in [6.45, 7) is 5.14. The van der Waals surface area contributed by atoms with E-state index in [2.05, 4.69) is 9.97 Å². The fourth-order valence-electron chi connectivity index (χ4n) is 0.397. The fraction of sp³-hybridized carbons (Fsp3) is 0. The van der Waals surface area contributed by atoms with Gasteiger partial charge in [-0.15, -0.1) is 0 Å². The molecule has 1 aromatic heterocycles. The molecule has 0 aromatic carbocycles. The molecule has 0 N–H and O–H groups in total. The van der Waals surface area contributed by atoms with Gasteiger partial charge < -0.3 is 0 Å². The lowest BCUT2D eigenvalue weighted by molar-refractivity contribution is 1.16. The van der Waals surface area contributed by atoms with Gasteiger partial charge in [-0.25, -0.2) is 9.97 Å². The van der Waals surface area contributed by atoms with Gasteiger partial charge in [0.2, 0.25) is 0 Å². The van der Waals surface area contributed by atoms with Crippen molar-refractivity contribution in [2.24, 2.45) is 0 Å². The van der Waals surface area contributed by atoms with Crippen LogP contribution in [0.4, 0.5) is 0 Å². The van der Waals surface area contributed by atoms with Crippen molar-refractivity contribution in [1.29, 1.82) is 0 Å². The summed E-state index contributed by atoms with van der Waals surface area (Å²) < 4.78 is 0. The summed E-state index contributed by atoms with van der Waals surface area (Å²) in [4.78, 5) is 7.47. The smallest absolute Gasteiger partial charge is 0.115 e. The molecule has 0 bridgehead atoms. The summed E-state index contributed by atoms with van der Waals surface area (Å²) in [6, 6.07) is 0. The van der Waals surface area contributed by atoms with Gasteiger partial charge in [0.1, 0.15) is 6.33 Å². The Labute approximate surface area is 47.9 Å². The molecule has 0 saturated carbocycles. The van der Waals surface area contributed by atoms with Crippen LogP contribution in [0.3, 0.4) is 0 Å². The molecule has 0 unspecified atom stereocenters. The minimum absolute atomic E-state index is 0.840. The number of nitrogens with zero attached hydrogens (tertiary/aromatic N) is 2. The highest BCUT2D eigenvalue weighted by atomic mass is 14.8. The first-order chi connectivity index (χ1) is 3.93. The average Bonchev–Trinajstić information content (AvgIpc) is 1.90. The van der Waals surface area contributed by atoms with Gasteiger partial charge in [0.25, 0.3) is 0 Å². The molecular weight excluding hydrogens is 100 g/mol. The predicted molar refractivity (Wildman–Crippen MR) is 30.8 cm³/mol. The first-order valence-corrected chi connectivity index (χ1v) is 2.23. The molecule has 8 heavy (non-hydrogen) atoms. The highest BCUT2D eigenvalue weighted by Crippen LogP contribution is 1.91. The SMILES string of the molecule is [CH]=Cc1cncnc1. The van der Waals surface area contributed by atoms with Crippen LogP contribution in [0.15, 0.2) is 18.7 Å². The monoisotopic (exact) mass is 105 g/mol. The van der Waals surface area contributed by atoms with E-state index in [4.69, 9.17) is 6.58 Å². The Morgan fingerprint density at radius 1 is 1.38 bits per heavy atom. The van der Waals surface area contributed by atoms with Crippen molar-refractivity contribution in [2.45, 2.75) is 0 Å². The Bertz CT molecular complexity index is 169. The average molecular weight is 105 g/mol. The van der Waals surface area contributed by atoms with Crippen molar-refractivity contribution in [3.05, 3.63) is 30.9 Å². The quantitative estimate of drug-likeness (QED) is 0.530. The molecule has 0 amide bonds. The molecule has 1 aromatic rings. The molecule has 0 fully saturated rings. The second-order valence-corrected chi connectivity index (χ2v) is 1.34. The lowest BCUT2D eigenvalue weighted by atomic mass is 10.3. The van der Waals surface area contributed by atoms with Crippen LogP contribution in [-0.2, 0) is 0 Å². The maximum absolute atomic E-state index is 5.14. The van der Waals surface area contributed by atoms with E-state index in [9.17, 15) is 0 Å². The second-order valence-electron chi connectivity index (χ2n) is 1.34. The molecule has 1 heterocycles. The van der Waals surface area contributed by atoms with Crippen molar-refractivity contribution >= 4 is 6.08 Å². The molecular formula is C6H5N2. The van der Waals surface area contributed by atoms with E-state index in [1.165, 1.54) is 12.4 Å². The largest absolute Gasteiger partial charge is 0.244 e. The number of hydrogen-bond donors (Lipinski definition) is 0. The van der Waals surface area contributed by atoms with E-state index in [0.717, 1.165) is 5.56 Å². The summed E-state index contributed by atoms with van der Waals surface area (Å²) in [5.74, 6) is 0. The Hall–Kier alpha value is -1.18. The van der Waals surface area contributed by atoms with E-state index in [1.54, 1.807) is 12.4 Å². The van der Waals surface area contributed by atoms with E-state index in [0.29, 0.717) is 0 Å². The zero-order valence-corrected chi connectivity index (χ0v) is 4.28. The first-order valence-electron chi connectivity index (χ1n) is 2.23. The summed E-state index contributed by atoms with van der Waals surface area (Å²) in [5, 5.41) is 0. The molecule has 1 radical (unpaired) electrons. The molecule has 0 saturated heterocycles. The van der Waals surface area contributed by atoms with E-state index < -0.39 is 0 Å². The third-order valence-electron chi connectivity index (χ3n) is 0.773. The summed E-state index contributed by atoms with van der Waals surface area (Å²) in [5.41, 5.74) is 0.840. The van der Waals surface area contributed by atoms with Crippen LogP contribution >= 0.6 is 0 Å². The topological polar surface area (TPSA) is 25.8 Å².